The maximum atomic E-state index is 11.8. The van der Waals surface area contributed by atoms with Crippen LogP contribution in [0.15, 0.2) is 23.1 Å². The number of nitrogens with two attached hydrogens (primary N) is 2. The van der Waals surface area contributed by atoms with Crippen molar-refractivity contribution in [2.45, 2.75) is 11.0 Å². The van der Waals surface area contributed by atoms with E-state index in [-0.39, 0.29) is 15.6 Å². The van der Waals surface area contributed by atoms with Crippen molar-refractivity contribution < 1.29 is 18.3 Å². The summed E-state index contributed by atoms with van der Waals surface area (Å²) >= 11 is 5.73. The summed E-state index contributed by atoms with van der Waals surface area (Å²) in [6.07, 6.45) is -1.61. The molecule has 1 aromatic rings. The predicted octanol–water partition coefficient (Wildman–Crippen LogP) is -0.953. The molecule has 0 saturated heterocycles. The van der Waals surface area contributed by atoms with Crippen LogP contribution in [0.3, 0.4) is 0 Å². The Hall–Kier alpha value is -1.35. The highest BCUT2D eigenvalue weighted by molar-refractivity contribution is 7.89. The molecule has 1 aromatic carbocycles. The van der Waals surface area contributed by atoms with Gasteiger partial charge in [0.1, 0.15) is 11.0 Å². The van der Waals surface area contributed by atoms with Gasteiger partial charge in [-0.05, 0) is 18.2 Å². The second kappa shape index (κ2) is 5.53. The molecule has 100 valence electrons. The number of hydrogen-bond donors (Lipinski definition) is 4. The van der Waals surface area contributed by atoms with Crippen LogP contribution in [0.25, 0.3) is 0 Å². The quantitative estimate of drug-likeness (QED) is 0.519. The third-order valence-corrected chi connectivity index (χ3v) is 3.95. The van der Waals surface area contributed by atoms with Gasteiger partial charge in [-0.1, -0.05) is 11.6 Å². The van der Waals surface area contributed by atoms with Crippen molar-refractivity contribution >= 4 is 33.2 Å². The minimum atomic E-state index is -3.97. The lowest BCUT2D eigenvalue weighted by atomic mass is 10.3. The van der Waals surface area contributed by atoms with Gasteiger partial charge in [0.15, 0.2) is 0 Å². The second-order valence-corrected chi connectivity index (χ2v) is 5.60. The fourth-order valence-electron chi connectivity index (χ4n) is 1.09. The lowest BCUT2D eigenvalue weighted by Crippen LogP contribution is -2.40. The molecular formula is C9H12ClN3O4S. The summed E-state index contributed by atoms with van der Waals surface area (Å²) in [6, 6.07) is 3.94. The van der Waals surface area contributed by atoms with Gasteiger partial charge in [0, 0.05) is 12.2 Å². The molecule has 0 saturated carbocycles. The first kappa shape index (κ1) is 14.7. The summed E-state index contributed by atoms with van der Waals surface area (Å²) in [5, 5.41) is 9.08. The van der Waals surface area contributed by atoms with Gasteiger partial charge in [-0.15, -0.1) is 0 Å². The number of hydrogen-bond acceptors (Lipinski definition) is 5. The van der Waals surface area contributed by atoms with Gasteiger partial charge in [0.25, 0.3) is 0 Å². The first-order chi connectivity index (χ1) is 8.24. The summed E-state index contributed by atoms with van der Waals surface area (Å²) in [6.45, 7) is -0.539. The Morgan fingerprint density at radius 1 is 1.50 bits per heavy atom. The molecule has 1 unspecified atom stereocenters. The number of anilines is 1. The van der Waals surface area contributed by atoms with Crippen molar-refractivity contribution in [3.8, 4) is 0 Å². The molecule has 0 fully saturated rings. The fraction of sp³-hybridized carbons (Fsp3) is 0.222. The maximum Gasteiger partial charge on any atom is 0.247 e. The molecule has 7 nitrogen and oxygen atoms in total. The van der Waals surface area contributed by atoms with Crippen molar-refractivity contribution in [1.82, 2.24) is 4.72 Å². The van der Waals surface area contributed by atoms with Crippen LogP contribution in [0.5, 0.6) is 0 Å². The monoisotopic (exact) mass is 293 g/mol. The maximum absolute atomic E-state index is 11.8. The van der Waals surface area contributed by atoms with E-state index in [1.807, 2.05) is 4.72 Å². The Kier molecular flexibility index (Phi) is 4.52. The first-order valence-corrected chi connectivity index (χ1v) is 6.62. The van der Waals surface area contributed by atoms with E-state index in [1.54, 1.807) is 0 Å². The van der Waals surface area contributed by atoms with E-state index in [4.69, 9.17) is 28.2 Å². The largest absolute Gasteiger partial charge is 0.399 e. The summed E-state index contributed by atoms with van der Waals surface area (Å²) in [4.78, 5) is 10.3. The summed E-state index contributed by atoms with van der Waals surface area (Å²) in [5.74, 6) is -1.03. The summed E-state index contributed by atoms with van der Waals surface area (Å²) in [5.41, 5.74) is 10.5. The zero-order valence-electron chi connectivity index (χ0n) is 9.13. The highest BCUT2D eigenvalue weighted by Crippen LogP contribution is 2.23. The van der Waals surface area contributed by atoms with Crippen LogP contribution < -0.4 is 16.2 Å². The third kappa shape index (κ3) is 3.57. The molecule has 1 rings (SSSR count). The number of nitrogen functional groups attached to an aromatic ring is 1. The molecule has 0 aliphatic carbocycles. The first-order valence-electron chi connectivity index (χ1n) is 4.76. The molecular weight excluding hydrogens is 282 g/mol. The van der Waals surface area contributed by atoms with Crippen LogP contribution in [-0.2, 0) is 14.8 Å². The standard InChI is InChI=1S/C9H12ClN3O4S/c10-6-2-1-5(11)3-8(6)18(16,17)13-4-7(14)9(12)15/h1-3,7,13-14H,4,11H2,(H2,12,15). The lowest BCUT2D eigenvalue weighted by Gasteiger charge is -2.10. The van der Waals surface area contributed by atoms with Gasteiger partial charge in [0.2, 0.25) is 15.9 Å². The number of amides is 1. The Bertz CT molecular complexity index is 561. The molecule has 0 aliphatic rings. The molecule has 1 atom stereocenters. The molecule has 0 spiro atoms. The fourth-order valence-corrected chi connectivity index (χ4v) is 2.66. The number of aliphatic hydroxyl groups is 1. The molecule has 9 heteroatoms. The van der Waals surface area contributed by atoms with Crippen molar-refractivity contribution in [1.29, 1.82) is 0 Å². The zero-order chi connectivity index (χ0) is 13.9. The average Bonchev–Trinajstić information content (AvgIpc) is 2.29. The number of halogens is 1. The number of benzene rings is 1. The van der Waals surface area contributed by atoms with E-state index in [1.165, 1.54) is 18.2 Å². The molecule has 0 heterocycles. The SMILES string of the molecule is NC(=O)C(O)CNS(=O)(=O)c1cc(N)ccc1Cl. The van der Waals surface area contributed by atoms with Crippen molar-refractivity contribution in [3.63, 3.8) is 0 Å². The van der Waals surface area contributed by atoms with Crippen LogP contribution in [0.4, 0.5) is 5.69 Å². The minimum Gasteiger partial charge on any atom is -0.399 e. The van der Waals surface area contributed by atoms with Gasteiger partial charge >= 0.3 is 0 Å². The van der Waals surface area contributed by atoms with Crippen LogP contribution in [0.2, 0.25) is 5.02 Å². The van der Waals surface area contributed by atoms with Crippen LogP contribution >= 0.6 is 11.6 Å². The molecule has 1 amide bonds. The normalized spacial score (nSPS) is 13.2. The number of rotatable bonds is 5. The van der Waals surface area contributed by atoms with E-state index in [0.717, 1.165) is 0 Å². The highest BCUT2D eigenvalue weighted by Gasteiger charge is 2.21. The van der Waals surface area contributed by atoms with E-state index in [9.17, 15) is 13.2 Å². The van der Waals surface area contributed by atoms with Gasteiger partial charge in [-0.2, -0.15) is 0 Å². The predicted molar refractivity (Wildman–Crippen MR) is 66.3 cm³/mol. The molecule has 6 N–H and O–H groups in total. The van der Waals surface area contributed by atoms with E-state index in [0.29, 0.717) is 0 Å². The molecule has 0 aliphatic heterocycles. The Morgan fingerprint density at radius 3 is 2.67 bits per heavy atom. The number of sulfonamides is 1. The Morgan fingerprint density at radius 2 is 2.11 bits per heavy atom. The number of carbonyl (C=O) groups excluding carboxylic acids is 1. The minimum absolute atomic E-state index is 0.0229. The number of aliphatic hydroxyl groups excluding tert-OH is 1. The average molecular weight is 294 g/mol. The Balaban J connectivity index is 2.93. The van der Waals surface area contributed by atoms with Gasteiger partial charge in [-0.3, -0.25) is 4.79 Å². The van der Waals surface area contributed by atoms with Crippen LogP contribution in [0, 0.1) is 0 Å². The lowest BCUT2D eigenvalue weighted by molar-refractivity contribution is -0.125. The molecule has 0 bridgehead atoms. The smallest absolute Gasteiger partial charge is 0.247 e. The number of primary amides is 1. The van der Waals surface area contributed by atoms with Crippen molar-refractivity contribution in [2.75, 3.05) is 12.3 Å². The van der Waals surface area contributed by atoms with Crippen LogP contribution in [0.1, 0.15) is 0 Å². The van der Waals surface area contributed by atoms with Crippen molar-refractivity contribution in [3.05, 3.63) is 23.2 Å². The number of nitrogens with one attached hydrogen (secondary N) is 1. The van der Waals surface area contributed by atoms with E-state index >= 15 is 0 Å². The Labute approximate surface area is 109 Å². The highest BCUT2D eigenvalue weighted by atomic mass is 35.5. The topological polar surface area (TPSA) is 136 Å². The zero-order valence-corrected chi connectivity index (χ0v) is 10.7. The summed E-state index contributed by atoms with van der Waals surface area (Å²) in [7, 11) is -3.97. The van der Waals surface area contributed by atoms with E-state index < -0.39 is 28.6 Å². The second-order valence-electron chi connectivity index (χ2n) is 3.46. The molecule has 0 aromatic heterocycles. The molecule has 0 radical (unpaired) electrons. The third-order valence-electron chi connectivity index (χ3n) is 2.04. The van der Waals surface area contributed by atoms with Gasteiger partial charge in [-0.25, -0.2) is 13.1 Å². The van der Waals surface area contributed by atoms with E-state index in [2.05, 4.69) is 0 Å². The summed E-state index contributed by atoms with van der Waals surface area (Å²) < 4.78 is 25.6. The van der Waals surface area contributed by atoms with Crippen LogP contribution in [-0.4, -0.2) is 32.1 Å². The molecule has 18 heavy (non-hydrogen) atoms. The van der Waals surface area contributed by atoms with Gasteiger partial charge < -0.3 is 16.6 Å². The van der Waals surface area contributed by atoms with Gasteiger partial charge in [0.05, 0.1) is 5.02 Å². The number of carbonyl (C=O) groups is 1. The van der Waals surface area contributed by atoms with Crippen molar-refractivity contribution in [2.24, 2.45) is 5.73 Å².